The van der Waals surface area contributed by atoms with Gasteiger partial charge in [0.05, 0.1) is 6.42 Å². The Morgan fingerprint density at radius 2 is 2.07 bits per heavy atom. The number of nitrogens with two attached hydrogens (primary N) is 2. The summed E-state index contributed by atoms with van der Waals surface area (Å²) in [6.07, 6.45) is 2.19. The number of hydrogen-bond acceptors (Lipinski definition) is 5. The topological polar surface area (TPSA) is 108 Å². The number of rotatable bonds is 3. The van der Waals surface area contributed by atoms with Crippen LogP contribution in [0.4, 0.5) is 5.95 Å². The number of carbonyl (C=O) groups is 1. The van der Waals surface area contributed by atoms with Gasteiger partial charge in [0.1, 0.15) is 11.6 Å². The van der Waals surface area contributed by atoms with Gasteiger partial charge in [0.15, 0.2) is 0 Å². The van der Waals surface area contributed by atoms with Gasteiger partial charge in [0.25, 0.3) is 0 Å². The van der Waals surface area contributed by atoms with Gasteiger partial charge in [0, 0.05) is 5.92 Å². The highest BCUT2D eigenvalue weighted by atomic mass is 16.1. The van der Waals surface area contributed by atoms with Crippen LogP contribution in [0.5, 0.6) is 0 Å². The SMILES string of the molecule is NC(=O)Cc1nc(N)nc(C2CC2)n1. The second kappa shape index (κ2) is 3.21. The van der Waals surface area contributed by atoms with Crippen LogP contribution in [0, 0.1) is 0 Å². The van der Waals surface area contributed by atoms with E-state index in [1.807, 2.05) is 0 Å². The van der Waals surface area contributed by atoms with Gasteiger partial charge < -0.3 is 11.5 Å². The molecular formula is C8H11N5O. The second-order valence-electron chi connectivity index (χ2n) is 3.39. The lowest BCUT2D eigenvalue weighted by atomic mass is 10.3. The lowest BCUT2D eigenvalue weighted by molar-refractivity contribution is -0.117. The molecule has 0 aliphatic heterocycles. The fraction of sp³-hybridized carbons (Fsp3) is 0.500. The Bertz CT molecular complexity index is 374. The largest absolute Gasteiger partial charge is 0.369 e. The molecule has 0 atom stereocenters. The van der Waals surface area contributed by atoms with Gasteiger partial charge in [-0.2, -0.15) is 9.97 Å². The Morgan fingerprint density at radius 1 is 1.36 bits per heavy atom. The van der Waals surface area contributed by atoms with Crippen LogP contribution in [0.25, 0.3) is 0 Å². The zero-order chi connectivity index (χ0) is 10.1. The Labute approximate surface area is 80.8 Å². The maximum absolute atomic E-state index is 10.7. The summed E-state index contributed by atoms with van der Waals surface area (Å²) in [5.41, 5.74) is 10.5. The third-order valence-corrected chi connectivity index (χ3v) is 1.99. The lowest BCUT2D eigenvalue weighted by Gasteiger charge is -2.01. The molecule has 4 N–H and O–H groups in total. The summed E-state index contributed by atoms with van der Waals surface area (Å²) in [4.78, 5) is 22.6. The van der Waals surface area contributed by atoms with E-state index in [2.05, 4.69) is 15.0 Å². The molecule has 1 aromatic heterocycles. The molecule has 1 saturated carbocycles. The normalized spacial score (nSPS) is 15.4. The molecule has 0 unspecified atom stereocenters. The van der Waals surface area contributed by atoms with E-state index in [4.69, 9.17) is 11.5 Å². The number of nitrogens with zero attached hydrogens (tertiary/aromatic N) is 3. The molecule has 0 saturated heterocycles. The van der Waals surface area contributed by atoms with Crippen LogP contribution in [0.2, 0.25) is 0 Å². The molecule has 1 aliphatic rings. The molecule has 14 heavy (non-hydrogen) atoms. The summed E-state index contributed by atoms with van der Waals surface area (Å²) in [7, 11) is 0. The number of carbonyl (C=O) groups excluding carboxylic acids is 1. The molecule has 1 fully saturated rings. The summed E-state index contributed by atoms with van der Waals surface area (Å²) in [6.45, 7) is 0. The minimum absolute atomic E-state index is 0.0203. The number of anilines is 1. The van der Waals surface area contributed by atoms with E-state index in [1.54, 1.807) is 0 Å². The van der Waals surface area contributed by atoms with Crippen molar-refractivity contribution in [3.05, 3.63) is 11.6 Å². The van der Waals surface area contributed by atoms with Crippen molar-refractivity contribution in [1.29, 1.82) is 0 Å². The zero-order valence-corrected chi connectivity index (χ0v) is 7.60. The van der Waals surface area contributed by atoms with E-state index in [0.717, 1.165) is 12.8 Å². The third kappa shape index (κ3) is 1.95. The summed E-state index contributed by atoms with van der Waals surface area (Å²) < 4.78 is 0. The lowest BCUT2D eigenvalue weighted by Crippen LogP contribution is -2.17. The first-order chi connectivity index (χ1) is 6.65. The van der Waals surface area contributed by atoms with E-state index in [0.29, 0.717) is 17.6 Å². The van der Waals surface area contributed by atoms with Crippen LogP contribution in [0.1, 0.15) is 30.4 Å². The standard InChI is InChI=1S/C8H11N5O/c9-5(14)3-6-11-7(4-1-2-4)13-8(10)12-6/h4H,1-3H2,(H2,9,14)(H2,10,11,12,13). The molecule has 0 radical (unpaired) electrons. The average Bonchev–Trinajstić information content (AvgIpc) is 2.82. The van der Waals surface area contributed by atoms with E-state index < -0.39 is 5.91 Å². The molecule has 74 valence electrons. The predicted octanol–water partition coefficient (Wildman–Crippen LogP) is -0.641. The van der Waals surface area contributed by atoms with Crippen LogP contribution >= 0.6 is 0 Å². The third-order valence-electron chi connectivity index (χ3n) is 1.99. The maximum atomic E-state index is 10.7. The van der Waals surface area contributed by atoms with Crippen LogP contribution in [0.15, 0.2) is 0 Å². The quantitative estimate of drug-likeness (QED) is 0.663. The van der Waals surface area contributed by atoms with E-state index >= 15 is 0 Å². The molecule has 0 bridgehead atoms. The molecule has 1 amide bonds. The van der Waals surface area contributed by atoms with Gasteiger partial charge >= 0.3 is 0 Å². The van der Waals surface area contributed by atoms with Crippen molar-refractivity contribution in [2.24, 2.45) is 5.73 Å². The summed E-state index contributed by atoms with van der Waals surface area (Å²) in [5.74, 6) is 1.16. The molecule has 2 rings (SSSR count). The second-order valence-corrected chi connectivity index (χ2v) is 3.39. The highest BCUT2D eigenvalue weighted by molar-refractivity contribution is 5.75. The van der Waals surface area contributed by atoms with Crippen molar-refractivity contribution in [2.75, 3.05) is 5.73 Å². The summed E-state index contributed by atoms with van der Waals surface area (Å²) >= 11 is 0. The number of nitrogen functional groups attached to an aromatic ring is 1. The van der Waals surface area contributed by atoms with Crippen molar-refractivity contribution >= 4 is 11.9 Å². The minimum atomic E-state index is -0.461. The summed E-state index contributed by atoms with van der Waals surface area (Å²) in [5, 5.41) is 0. The fourth-order valence-corrected chi connectivity index (χ4v) is 1.22. The number of amides is 1. The van der Waals surface area contributed by atoms with Crippen LogP contribution < -0.4 is 11.5 Å². The van der Waals surface area contributed by atoms with Crippen LogP contribution in [-0.2, 0) is 11.2 Å². The van der Waals surface area contributed by atoms with E-state index in [1.165, 1.54) is 0 Å². The van der Waals surface area contributed by atoms with Gasteiger partial charge in [-0.3, -0.25) is 4.79 Å². The van der Waals surface area contributed by atoms with E-state index in [-0.39, 0.29) is 12.4 Å². The van der Waals surface area contributed by atoms with Gasteiger partial charge in [0.2, 0.25) is 11.9 Å². The molecule has 1 heterocycles. The molecule has 6 heteroatoms. The van der Waals surface area contributed by atoms with Gasteiger partial charge in [-0.15, -0.1) is 0 Å². The smallest absolute Gasteiger partial charge is 0.225 e. The number of primary amides is 1. The van der Waals surface area contributed by atoms with Crippen molar-refractivity contribution in [3.8, 4) is 0 Å². The highest BCUT2D eigenvalue weighted by Crippen LogP contribution is 2.37. The first-order valence-corrected chi connectivity index (χ1v) is 4.44. The van der Waals surface area contributed by atoms with Gasteiger partial charge in [-0.1, -0.05) is 0 Å². The zero-order valence-electron chi connectivity index (χ0n) is 7.60. The van der Waals surface area contributed by atoms with Crippen LogP contribution in [0.3, 0.4) is 0 Å². The maximum Gasteiger partial charge on any atom is 0.225 e. The Morgan fingerprint density at radius 3 is 2.64 bits per heavy atom. The highest BCUT2D eigenvalue weighted by Gasteiger charge is 2.27. The van der Waals surface area contributed by atoms with Crippen molar-refractivity contribution in [2.45, 2.75) is 25.2 Å². The number of hydrogen-bond donors (Lipinski definition) is 2. The fourth-order valence-electron chi connectivity index (χ4n) is 1.22. The first kappa shape index (κ1) is 8.86. The average molecular weight is 193 g/mol. The van der Waals surface area contributed by atoms with Crippen molar-refractivity contribution < 1.29 is 4.79 Å². The van der Waals surface area contributed by atoms with Crippen LogP contribution in [-0.4, -0.2) is 20.9 Å². The molecule has 6 nitrogen and oxygen atoms in total. The molecule has 1 aliphatic carbocycles. The molecule has 0 spiro atoms. The Kier molecular flexibility index (Phi) is 2.03. The Hall–Kier alpha value is -1.72. The molecule has 1 aromatic rings. The Balaban J connectivity index is 2.26. The number of aromatic nitrogens is 3. The van der Waals surface area contributed by atoms with Crippen molar-refractivity contribution in [3.63, 3.8) is 0 Å². The van der Waals surface area contributed by atoms with Crippen molar-refractivity contribution in [1.82, 2.24) is 15.0 Å². The van der Waals surface area contributed by atoms with Gasteiger partial charge in [-0.25, -0.2) is 4.98 Å². The minimum Gasteiger partial charge on any atom is -0.369 e. The summed E-state index contributed by atoms with van der Waals surface area (Å²) in [6, 6.07) is 0. The predicted molar refractivity (Wildman–Crippen MR) is 49.1 cm³/mol. The monoisotopic (exact) mass is 193 g/mol. The molecule has 0 aromatic carbocycles. The molecular weight excluding hydrogens is 182 g/mol. The van der Waals surface area contributed by atoms with E-state index in [9.17, 15) is 4.79 Å². The van der Waals surface area contributed by atoms with Gasteiger partial charge in [-0.05, 0) is 12.8 Å². The first-order valence-electron chi connectivity index (χ1n) is 4.44.